The zero-order chi connectivity index (χ0) is 26.0. The van der Waals surface area contributed by atoms with E-state index in [1.54, 1.807) is 12.0 Å². The van der Waals surface area contributed by atoms with Crippen molar-refractivity contribution in [2.75, 3.05) is 25.1 Å². The summed E-state index contributed by atoms with van der Waals surface area (Å²) >= 11 is 0. The minimum atomic E-state index is -0.194. The predicted octanol–water partition coefficient (Wildman–Crippen LogP) is 5.15. The molecule has 2 N–H and O–H groups in total. The summed E-state index contributed by atoms with van der Waals surface area (Å²) in [5.74, 6) is 0.307. The molecule has 0 bridgehead atoms. The Balaban J connectivity index is 1.44. The highest BCUT2D eigenvalue weighted by molar-refractivity contribution is 5.95. The van der Waals surface area contributed by atoms with Crippen molar-refractivity contribution in [3.63, 3.8) is 0 Å². The normalized spacial score (nSPS) is 11.5. The molecule has 7 heteroatoms. The summed E-state index contributed by atoms with van der Waals surface area (Å²) in [5.41, 5.74) is 3.89. The Morgan fingerprint density at radius 3 is 2.46 bits per heavy atom. The van der Waals surface area contributed by atoms with Crippen LogP contribution in [0.4, 0.5) is 5.69 Å². The van der Waals surface area contributed by atoms with E-state index in [0.29, 0.717) is 13.1 Å². The number of nitriles is 1. The number of hydrogen-bond donors (Lipinski definition) is 2. The first-order valence-corrected chi connectivity index (χ1v) is 12.3. The molecule has 3 aromatic carbocycles. The third kappa shape index (κ3) is 6.36. The fourth-order valence-corrected chi connectivity index (χ4v) is 4.45. The Morgan fingerprint density at radius 2 is 1.73 bits per heavy atom. The van der Waals surface area contributed by atoms with Gasteiger partial charge in [0.15, 0.2) is 0 Å². The van der Waals surface area contributed by atoms with Crippen LogP contribution in [0.2, 0.25) is 0 Å². The minimum absolute atomic E-state index is 0.0619. The van der Waals surface area contributed by atoms with Crippen LogP contribution in [0.5, 0.6) is 5.75 Å². The number of H-pyrrole nitrogens is 1. The highest BCUT2D eigenvalue weighted by Gasteiger charge is 2.21. The summed E-state index contributed by atoms with van der Waals surface area (Å²) in [4.78, 5) is 30.7. The van der Waals surface area contributed by atoms with Crippen molar-refractivity contribution in [1.29, 1.82) is 5.26 Å². The Morgan fingerprint density at radius 1 is 1.00 bits per heavy atom. The maximum absolute atomic E-state index is 12.9. The van der Waals surface area contributed by atoms with Crippen LogP contribution in [0, 0.1) is 11.3 Å². The summed E-state index contributed by atoms with van der Waals surface area (Å²) in [7, 11) is 1.63. The molecule has 0 aliphatic heterocycles. The van der Waals surface area contributed by atoms with Crippen LogP contribution in [-0.2, 0) is 9.59 Å². The maximum Gasteiger partial charge on any atom is 0.227 e. The minimum Gasteiger partial charge on any atom is -0.497 e. The molecule has 0 aliphatic carbocycles. The van der Waals surface area contributed by atoms with E-state index in [4.69, 9.17) is 10.00 Å². The topological polar surface area (TPSA) is 98.2 Å². The van der Waals surface area contributed by atoms with E-state index < -0.39 is 0 Å². The van der Waals surface area contributed by atoms with E-state index in [1.165, 1.54) is 0 Å². The quantitative estimate of drug-likeness (QED) is 0.301. The van der Waals surface area contributed by atoms with Gasteiger partial charge in [0, 0.05) is 54.6 Å². The molecule has 0 radical (unpaired) electrons. The summed E-state index contributed by atoms with van der Waals surface area (Å²) in [6, 6.07) is 27.2. The van der Waals surface area contributed by atoms with Crippen molar-refractivity contribution >= 4 is 28.4 Å². The van der Waals surface area contributed by atoms with E-state index in [0.717, 1.165) is 33.5 Å². The first-order chi connectivity index (χ1) is 18.1. The van der Waals surface area contributed by atoms with Crippen molar-refractivity contribution in [2.24, 2.45) is 0 Å². The number of methoxy groups -OCH3 is 1. The van der Waals surface area contributed by atoms with Crippen molar-refractivity contribution < 1.29 is 14.3 Å². The molecule has 1 unspecified atom stereocenters. The Kier molecular flexibility index (Phi) is 8.56. The standard InChI is InChI=1S/C30H30N4O3/c1-37-24-14-12-22(13-15-24)26(27-21-32-28-11-6-5-10-25(27)28)20-33-29(35)16-17-30(36)34(19-7-18-31)23-8-3-2-4-9-23/h2-6,8-15,21,26,32H,7,16-17,19-20H2,1H3,(H,33,35). The number of carbonyl (C=O) groups excluding carboxylic acids is 2. The van der Waals surface area contributed by atoms with Crippen LogP contribution in [0.15, 0.2) is 85.1 Å². The van der Waals surface area contributed by atoms with Crippen LogP contribution < -0.4 is 15.0 Å². The molecule has 0 spiro atoms. The monoisotopic (exact) mass is 494 g/mol. The van der Waals surface area contributed by atoms with Gasteiger partial charge in [-0.2, -0.15) is 5.26 Å². The van der Waals surface area contributed by atoms with Gasteiger partial charge in [-0.15, -0.1) is 0 Å². The van der Waals surface area contributed by atoms with Gasteiger partial charge in [-0.05, 0) is 41.5 Å². The van der Waals surface area contributed by atoms with Crippen LogP contribution in [0.1, 0.15) is 36.3 Å². The van der Waals surface area contributed by atoms with Crippen molar-refractivity contribution in [2.45, 2.75) is 25.2 Å². The molecule has 1 atom stereocenters. The second kappa shape index (κ2) is 12.4. The molecule has 4 aromatic rings. The first kappa shape index (κ1) is 25.5. The number of nitrogens with zero attached hydrogens (tertiary/aromatic N) is 2. The molecule has 0 aliphatic rings. The molecule has 4 rings (SSSR count). The smallest absolute Gasteiger partial charge is 0.227 e. The second-order valence-corrected chi connectivity index (χ2v) is 8.71. The molecule has 37 heavy (non-hydrogen) atoms. The van der Waals surface area contributed by atoms with Gasteiger partial charge >= 0.3 is 0 Å². The number of aromatic nitrogens is 1. The highest BCUT2D eigenvalue weighted by Crippen LogP contribution is 2.31. The molecular formula is C30H30N4O3. The predicted molar refractivity (Wildman–Crippen MR) is 144 cm³/mol. The van der Waals surface area contributed by atoms with Gasteiger partial charge in [-0.3, -0.25) is 9.59 Å². The number of para-hydroxylation sites is 2. The van der Waals surface area contributed by atoms with Gasteiger partial charge in [0.05, 0.1) is 19.6 Å². The van der Waals surface area contributed by atoms with Crippen LogP contribution >= 0.6 is 0 Å². The molecule has 2 amide bonds. The SMILES string of the molecule is COc1ccc(C(CNC(=O)CCC(=O)N(CCC#N)c2ccccc2)c2c[nH]c3ccccc23)cc1. The van der Waals surface area contributed by atoms with Crippen molar-refractivity contribution in [1.82, 2.24) is 10.3 Å². The highest BCUT2D eigenvalue weighted by atomic mass is 16.5. The fourth-order valence-electron chi connectivity index (χ4n) is 4.45. The van der Waals surface area contributed by atoms with Crippen LogP contribution in [0.3, 0.4) is 0 Å². The lowest BCUT2D eigenvalue weighted by molar-refractivity contribution is -0.125. The molecule has 188 valence electrons. The number of aromatic amines is 1. The largest absolute Gasteiger partial charge is 0.497 e. The summed E-state index contributed by atoms with van der Waals surface area (Å²) in [6.45, 7) is 0.680. The molecule has 7 nitrogen and oxygen atoms in total. The van der Waals surface area contributed by atoms with Gasteiger partial charge in [0.1, 0.15) is 5.75 Å². The average Bonchev–Trinajstić information content (AvgIpc) is 3.37. The number of anilines is 1. The molecule has 0 fully saturated rings. The lowest BCUT2D eigenvalue weighted by Gasteiger charge is -2.22. The fraction of sp³-hybridized carbons (Fsp3) is 0.233. The zero-order valence-corrected chi connectivity index (χ0v) is 20.8. The van der Waals surface area contributed by atoms with E-state index in [1.807, 2.05) is 79.0 Å². The van der Waals surface area contributed by atoms with E-state index in [-0.39, 0.29) is 37.0 Å². The number of nitrogens with one attached hydrogen (secondary N) is 2. The number of rotatable bonds is 11. The number of benzene rings is 3. The van der Waals surface area contributed by atoms with E-state index in [9.17, 15) is 9.59 Å². The molecular weight excluding hydrogens is 464 g/mol. The molecule has 0 saturated heterocycles. The van der Waals surface area contributed by atoms with Gasteiger partial charge in [-0.25, -0.2) is 0 Å². The number of hydrogen-bond acceptors (Lipinski definition) is 4. The third-order valence-corrected chi connectivity index (χ3v) is 6.40. The van der Waals surface area contributed by atoms with E-state index >= 15 is 0 Å². The first-order valence-electron chi connectivity index (χ1n) is 12.3. The lowest BCUT2D eigenvalue weighted by Crippen LogP contribution is -2.34. The number of amides is 2. The average molecular weight is 495 g/mol. The number of ether oxygens (including phenoxy) is 1. The zero-order valence-electron chi connectivity index (χ0n) is 20.8. The summed E-state index contributed by atoms with van der Waals surface area (Å²) in [5, 5.41) is 13.1. The van der Waals surface area contributed by atoms with Gasteiger partial charge in [0.25, 0.3) is 0 Å². The second-order valence-electron chi connectivity index (χ2n) is 8.71. The van der Waals surface area contributed by atoms with Crippen LogP contribution in [0.25, 0.3) is 10.9 Å². The number of fused-ring (bicyclic) bond motifs is 1. The van der Waals surface area contributed by atoms with Gasteiger partial charge in [0.2, 0.25) is 11.8 Å². The molecule has 1 aromatic heterocycles. The Labute approximate surface area is 216 Å². The van der Waals surface area contributed by atoms with E-state index in [2.05, 4.69) is 22.4 Å². The summed E-state index contributed by atoms with van der Waals surface area (Å²) in [6.07, 6.45) is 2.34. The number of carbonyl (C=O) groups is 2. The Bertz CT molecular complexity index is 1370. The van der Waals surface area contributed by atoms with Crippen LogP contribution in [-0.4, -0.2) is 37.0 Å². The van der Waals surface area contributed by atoms with Crippen molar-refractivity contribution in [3.8, 4) is 11.8 Å². The molecule has 0 saturated carbocycles. The molecule has 1 heterocycles. The van der Waals surface area contributed by atoms with Gasteiger partial charge in [-0.1, -0.05) is 48.5 Å². The third-order valence-electron chi connectivity index (χ3n) is 6.40. The summed E-state index contributed by atoms with van der Waals surface area (Å²) < 4.78 is 5.31. The van der Waals surface area contributed by atoms with Gasteiger partial charge < -0.3 is 19.9 Å². The Hall–Kier alpha value is -4.57. The lowest BCUT2D eigenvalue weighted by atomic mass is 9.90. The maximum atomic E-state index is 12.9. The van der Waals surface area contributed by atoms with Crippen molar-refractivity contribution in [3.05, 3.63) is 96.2 Å².